The number of halogens is 1. The van der Waals surface area contributed by atoms with E-state index in [1.165, 1.54) is 13.0 Å². The van der Waals surface area contributed by atoms with Crippen molar-refractivity contribution in [1.82, 2.24) is 4.98 Å². The molecule has 5 heteroatoms. The fourth-order valence-corrected chi connectivity index (χ4v) is 1.57. The first-order valence-electron chi connectivity index (χ1n) is 4.53. The molecular formula is C11H8FNO3. The van der Waals surface area contributed by atoms with Crippen LogP contribution in [0, 0.1) is 12.7 Å². The molecule has 0 atom stereocenters. The van der Waals surface area contributed by atoms with Crippen LogP contribution in [0.25, 0.3) is 10.9 Å². The number of aryl methyl sites for hydroxylation is 1. The normalized spacial score (nSPS) is 10.6. The molecule has 82 valence electrons. The van der Waals surface area contributed by atoms with Gasteiger partial charge in [0.1, 0.15) is 11.4 Å². The standard InChI is InChI=1S/C11H8FNO3/c1-5-10(14)9(11(15)16)7-3-2-6(12)4-8(7)13-5/h2-4,14H,1H3,(H,15,16). The number of aromatic hydroxyl groups is 1. The molecule has 1 heterocycles. The lowest BCUT2D eigenvalue weighted by atomic mass is 10.1. The lowest BCUT2D eigenvalue weighted by molar-refractivity contribution is 0.0695. The molecule has 2 aromatic rings. The molecule has 0 saturated carbocycles. The summed E-state index contributed by atoms with van der Waals surface area (Å²) in [4.78, 5) is 14.9. The molecule has 0 radical (unpaired) electrons. The van der Waals surface area contributed by atoms with E-state index in [2.05, 4.69) is 4.98 Å². The Morgan fingerprint density at radius 1 is 1.44 bits per heavy atom. The molecule has 16 heavy (non-hydrogen) atoms. The fourth-order valence-electron chi connectivity index (χ4n) is 1.57. The van der Waals surface area contributed by atoms with E-state index in [1.54, 1.807) is 0 Å². The summed E-state index contributed by atoms with van der Waals surface area (Å²) in [5, 5.41) is 18.8. The van der Waals surface area contributed by atoms with E-state index in [-0.39, 0.29) is 27.9 Å². The Kier molecular flexibility index (Phi) is 2.23. The van der Waals surface area contributed by atoms with E-state index in [1.807, 2.05) is 0 Å². The van der Waals surface area contributed by atoms with Crippen LogP contribution in [0.4, 0.5) is 4.39 Å². The monoisotopic (exact) mass is 221 g/mol. The van der Waals surface area contributed by atoms with Crippen molar-refractivity contribution in [2.75, 3.05) is 0 Å². The highest BCUT2D eigenvalue weighted by molar-refractivity contribution is 6.05. The average molecular weight is 221 g/mol. The zero-order chi connectivity index (χ0) is 11.9. The van der Waals surface area contributed by atoms with Crippen molar-refractivity contribution in [2.24, 2.45) is 0 Å². The van der Waals surface area contributed by atoms with Gasteiger partial charge >= 0.3 is 5.97 Å². The van der Waals surface area contributed by atoms with Crippen molar-refractivity contribution < 1.29 is 19.4 Å². The van der Waals surface area contributed by atoms with Gasteiger partial charge in [-0.3, -0.25) is 0 Å². The van der Waals surface area contributed by atoms with E-state index in [0.29, 0.717) is 0 Å². The number of pyridine rings is 1. The van der Waals surface area contributed by atoms with Crippen LogP contribution in [0.1, 0.15) is 16.1 Å². The van der Waals surface area contributed by atoms with E-state index in [4.69, 9.17) is 5.11 Å². The van der Waals surface area contributed by atoms with Crippen LogP contribution in [-0.2, 0) is 0 Å². The number of aromatic carboxylic acids is 1. The van der Waals surface area contributed by atoms with E-state index in [0.717, 1.165) is 12.1 Å². The highest BCUT2D eigenvalue weighted by Gasteiger charge is 2.17. The molecule has 0 aliphatic carbocycles. The molecule has 0 saturated heterocycles. The number of carbonyl (C=O) groups is 1. The summed E-state index contributed by atoms with van der Waals surface area (Å²) in [5.74, 6) is -2.15. The zero-order valence-corrected chi connectivity index (χ0v) is 8.36. The number of fused-ring (bicyclic) bond motifs is 1. The largest absolute Gasteiger partial charge is 0.505 e. The minimum Gasteiger partial charge on any atom is -0.505 e. The second-order valence-electron chi connectivity index (χ2n) is 3.39. The van der Waals surface area contributed by atoms with Gasteiger partial charge < -0.3 is 10.2 Å². The molecule has 4 nitrogen and oxygen atoms in total. The molecule has 0 spiro atoms. The average Bonchev–Trinajstić information content (AvgIpc) is 2.19. The highest BCUT2D eigenvalue weighted by atomic mass is 19.1. The number of carboxylic acids is 1. The van der Waals surface area contributed by atoms with Gasteiger partial charge in [0.15, 0.2) is 5.75 Å². The lowest BCUT2D eigenvalue weighted by Gasteiger charge is -2.07. The minimum atomic E-state index is -1.26. The summed E-state index contributed by atoms with van der Waals surface area (Å²) in [5.41, 5.74) is 0.130. The molecule has 0 amide bonds. The molecule has 2 N–H and O–H groups in total. The Morgan fingerprint density at radius 2 is 2.12 bits per heavy atom. The molecule has 2 rings (SSSR count). The summed E-state index contributed by atoms with van der Waals surface area (Å²) in [7, 11) is 0. The smallest absolute Gasteiger partial charge is 0.340 e. The van der Waals surface area contributed by atoms with Gasteiger partial charge in [-0.05, 0) is 19.1 Å². The SMILES string of the molecule is Cc1nc2cc(F)ccc2c(C(=O)O)c1O. The topological polar surface area (TPSA) is 70.4 Å². The van der Waals surface area contributed by atoms with E-state index < -0.39 is 11.8 Å². The number of hydrogen-bond donors (Lipinski definition) is 2. The number of aromatic nitrogens is 1. The Morgan fingerprint density at radius 3 is 2.75 bits per heavy atom. The Hall–Kier alpha value is -2.17. The van der Waals surface area contributed by atoms with E-state index >= 15 is 0 Å². The molecule has 1 aromatic carbocycles. The van der Waals surface area contributed by atoms with Crippen LogP contribution in [0.5, 0.6) is 5.75 Å². The van der Waals surface area contributed by atoms with Crippen molar-refractivity contribution in [2.45, 2.75) is 6.92 Å². The Balaban J connectivity index is 2.94. The number of benzene rings is 1. The fraction of sp³-hybridized carbons (Fsp3) is 0.0909. The van der Waals surface area contributed by atoms with Gasteiger partial charge in [-0.25, -0.2) is 14.2 Å². The molecule has 0 aliphatic rings. The third-order valence-electron chi connectivity index (χ3n) is 2.31. The third kappa shape index (κ3) is 1.46. The van der Waals surface area contributed by atoms with Crippen molar-refractivity contribution in [3.8, 4) is 5.75 Å². The molecular weight excluding hydrogens is 213 g/mol. The van der Waals surface area contributed by atoms with Gasteiger partial charge in [0.2, 0.25) is 0 Å². The van der Waals surface area contributed by atoms with Gasteiger partial charge in [0, 0.05) is 11.5 Å². The maximum atomic E-state index is 13.0. The first kappa shape index (κ1) is 10.4. The van der Waals surface area contributed by atoms with Gasteiger partial charge in [-0.2, -0.15) is 0 Å². The first-order valence-corrected chi connectivity index (χ1v) is 4.53. The molecule has 0 aliphatic heterocycles. The van der Waals surface area contributed by atoms with Gasteiger partial charge in [-0.15, -0.1) is 0 Å². The predicted molar refractivity (Wildman–Crippen MR) is 55.1 cm³/mol. The predicted octanol–water partition coefficient (Wildman–Crippen LogP) is 2.09. The van der Waals surface area contributed by atoms with E-state index in [9.17, 15) is 14.3 Å². The second-order valence-corrected chi connectivity index (χ2v) is 3.39. The second kappa shape index (κ2) is 3.44. The quantitative estimate of drug-likeness (QED) is 0.773. The van der Waals surface area contributed by atoms with Crippen molar-refractivity contribution in [1.29, 1.82) is 0 Å². The number of carboxylic acid groups (broad SMARTS) is 1. The van der Waals surface area contributed by atoms with Crippen molar-refractivity contribution in [3.05, 3.63) is 35.3 Å². The summed E-state index contributed by atoms with van der Waals surface area (Å²) >= 11 is 0. The maximum absolute atomic E-state index is 13.0. The Bertz CT molecular complexity index is 595. The molecule has 0 unspecified atom stereocenters. The van der Waals surface area contributed by atoms with Crippen LogP contribution in [0.15, 0.2) is 18.2 Å². The summed E-state index contributed by atoms with van der Waals surface area (Å²) in [6.45, 7) is 1.46. The molecule has 1 aromatic heterocycles. The number of hydrogen-bond acceptors (Lipinski definition) is 3. The van der Waals surface area contributed by atoms with Crippen LogP contribution in [0.2, 0.25) is 0 Å². The summed E-state index contributed by atoms with van der Waals surface area (Å²) in [6, 6.07) is 3.56. The van der Waals surface area contributed by atoms with Crippen LogP contribution < -0.4 is 0 Å². The van der Waals surface area contributed by atoms with Crippen molar-refractivity contribution in [3.63, 3.8) is 0 Å². The maximum Gasteiger partial charge on any atom is 0.340 e. The van der Waals surface area contributed by atoms with Crippen LogP contribution in [0.3, 0.4) is 0 Å². The highest BCUT2D eigenvalue weighted by Crippen LogP contribution is 2.28. The van der Waals surface area contributed by atoms with Gasteiger partial charge in [0.25, 0.3) is 0 Å². The summed E-state index contributed by atoms with van der Waals surface area (Å²) < 4.78 is 13.0. The first-order chi connectivity index (χ1) is 7.50. The van der Waals surface area contributed by atoms with Crippen LogP contribution >= 0.6 is 0 Å². The Labute approximate surface area is 90.0 Å². The number of nitrogens with zero attached hydrogens (tertiary/aromatic N) is 1. The van der Waals surface area contributed by atoms with Gasteiger partial charge in [0.05, 0.1) is 11.2 Å². The minimum absolute atomic E-state index is 0.163. The number of rotatable bonds is 1. The lowest BCUT2D eigenvalue weighted by Crippen LogP contribution is -2.01. The molecule has 0 fully saturated rings. The van der Waals surface area contributed by atoms with Gasteiger partial charge in [-0.1, -0.05) is 0 Å². The van der Waals surface area contributed by atoms with Crippen molar-refractivity contribution >= 4 is 16.9 Å². The van der Waals surface area contributed by atoms with Crippen LogP contribution in [-0.4, -0.2) is 21.2 Å². The zero-order valence-electron chi connectivity index (χ0n) is 8.36. The third-order valence-corrected chi connectivity index (χ3v) is 2.31. The summed E-state index contributed by atoms with van der Waals surface area (Å²) in [6.07, 6.45) is 0. The molecule has 0 bridgehead atoms.